The molecule has 1 aliphatic heterocycles. The second-order valence-corrected chi connectivity index (χ2v) is 4.63. The highest BCUT2D eigenvalue weighted by Crippen LogP contribution is 2.39. The zero-order valence-electron chi connectivity index (χ0n) is 12.6. The van der Waals surface area contributed by atoms with Crippen LogP contribution >= 0.6 is 0 Å². The summed E-state index contributed by atoms with van der Waals surface area (Å²) in [5.74, 6) is 1.78. The first-order valence-electron chi connectivity index (χ1n) is 6.76. The van der Waals surface area contributed by atoms with Gasteiger partial charge in [0.05, 0.1) is 40.6 Å². The first-order chi connectivity index (χ1) is 10.2. The highest BCUT2D eigenvalue weighted by atomic mass is 16.5. The van der Waals surface area contributed by atoms with Gasteiger partial charge >= 0.3 is 0 Å². The van der Waals surface area contributed by atoms with Gasteiger partial charge in [-0.25, -0.2) is 0 Å². The smallest absolute Gasteiger partial charge is 0.164 e. The van der Waals surface area contributed by atoms with Crippen molar-refractivity contribution in [2.75, 3.05) is 47.6 Å². The monoisotopic (exact) mass is 292 g/mol. The fourth-order valence-corrected chi connectivity index (χ4v) is 2.45. The van der Waals surface area contributed by atoms with Crippen LogP contribution in [0.25, 0.3) is 0 Å². The van der Waals surface area contributed by atoms with Crippen LogP contribution in [0.4, 0.5) is 0 Å². The zero-order valence-corrected chi connectivity index (χ0v) is 12.6. The second kappa shape index (κ2) is 7.16. The highest BCUT2D eigenvalue weighted by molar-refractivity contribution is 5.53. The Balaban J connectivity index is 2.41. The molecule has 6 nitrogen and oxygen atoms in total. The van der Waals surface area contributed by atoms with E-state index in [1.54, 1.807) is 33.5 Å². The van der Waals surface area contributed by atoms with Crippen LogP contribution in [0.1, 0.15) is 11.6 Å². The fraction of sp³-hybridized carbons (Fsp3) is 0.533. The second-order valence-electron chi connectivity index (χ2n) is 4.63. The van der Waals surface area contributed by atoms with Crippen molar-refractivity contribution < 1.29 is 18.9 Å². The summed E-state index contributed by atoms with van der Waals surface area (Å²) in [5, 5.41) is 9.58. The number of morpholine rings is 1. The van der Waals surface area contributed by atoms with Crippen LogP contribution in [0.15, 0.2) is 12.1 Å². The van der Waals surface area contributed by atoms with Gasteiger partial charge in [-0.15, -0.1) is 0 Å². The average molecular weight is 292 g/mol. The lowest BCUT2D eigenvalue weighted by Crippen LogP contribution is -2.38. The van der Waals surface area contributed by atoms with E-state index in [-0.39, 0.29) is 0 Å². The van der Waals surface area contributed by atoms with E-state index in [2.05, 4.69) is 11.0 Å². The topological polar surface area (TPSA) is 64.0 Å². The third kappa shape index (κ3) is 3.20. The maximum Gasteiger partial charge on any atom is 0.164 e. The van der Waals surface area contributed by atoms with Gasteiger partial charge in [0.1, 0.15) is 11.8 Å². The van der Waals surface area contributed by atoms with Crippen molar-refractivity contribution in [3.05, 3.63) is 17.7 Å². The molecule has 1 aromatic rings. The van der Waals surface area contributed by atoms with Gasteiger partial charge in [-0.3, -0.25) is 4.90 Å². The Hall–Kier alpha value is -1.97. The molecule has 0 saturated carbocycles. The summed E-state index contributed by atoms with van der Waals surface area (Å²) in [4.78, 5) is 2.08. The molecule has 1 aliphatic rings. The normalized spacial score (nSPS) is 16.9. The molecular weight excluding hydrogens is 272 g/mol. The predicted molar refractivity (Wildman–Crippen MR) is 76.8 cm³/mol. The van der Waals surface area contributed by atoms with Crippen molar-refractivity contribution in [1.82, 2.24) is 4.90 Å². The summed E-state index contributed by atoms with van der Waals surface area (Å²) in [6.45, 7) is 2.70. The summed E-state index contributed by atoms with van der Waals surface area (Å²) in [5.41, 5.74) is 0.777. The van der Waals surface area contributed by atoms with Gasteiger partial charge in [0.2, 0.25) is 0 Å². The van der Waals surface area contributed by atoms with E-state index in [9.17, 15) is 5.26 Å². The first-order valence-corrected chi connectivity index (χ1v) is 6.76. The molecule has 114 valence electrons. The number of rotatable bonds is 5. The van der Waals surface area contributed by atoms with Crippen molar-refractivity contribution in [1.29, 1.82) is 5.26 Å². The third-order valence-corrected chi connectivity index (χ3v) is 3.56. The molecule has 0 spiro atoms. The number of nitrogens with zero attached hydrogens (tertiary/aromatic N) is 2. The van der Waals surface area contributed by atoms with Crippen LogP contribution in [0.3, 0.4) is 0 Å². The van der Waals surface area contributed by atoms with Gasteiger partial charge in [0.15, 0.2) is 11.5 Å². The molecule has 0 N–H and O–H groups in total. The number of benzene rings is 1. The van der Waals surface area contributed by atoms with Crippen LogP contribution in [0, 0.1) is 11.3 Å². The van der Waals surface area contributed by atoms with Crippen molar-refractivity contribution >= 4 is 0 Å². The van der Waals surface area contributed by atoms with Gasteiger partial charge < -0.3 is 18.9 Å². The molecule has 21 heavy (non-hydrogen) atoms. The molecule has 1 saturated heterocycles. The minimum Gasteiger partial charge on any atom is -0.496 e. The number of methoxy groups -OCH3 is 3. The number of hydrogen-bond donors (Lipinski definition) is 0. The Kier molecular flexibility index (Phi) is 5.26. The van der Waals surface area contributed by atoms with E-state index in [1.165, 1.54) is 0 Å². The molecule has 0 radical (unpaired) electrons. The standard InChI is InChI=1S/C15H20N2O4/c1-18-13-9-15(20-3)14(19-2)8-11(13)12(10-16)17-4-6-21-7-5-17/h8-9,12H,4-7H2,1-3H3/t12-/m1/s1. The number of ether oxygens (including phenoxy) is 4. The molecule has 0 aliphatic carbocycles. The largest absolute Gasteiger partial charge is 0.496 e. The van der Waals surface area contributed by atoms with Crippen LogP contribution in [-0.2, 0) is 4.74 Å². The third-order valence-electron chi connectivity index (χ3n) is 3.56. The predicted octanol–water partition coefficient (Wildman–Crippen LogP) is 1.61. The van der Waals surface area contributed by atoms with Gasteiger partial charge in [-0.1, -0.05) is 0 Å². The summed E-state index contributed by atoms with van der Waals surface area (Å²) in [6, 6.07) is 5.50. The molecular formula is C15H20N2O4. The van der Waals surface area contributed by atoms with Crippen LogP contribution in [-0.4, -0.2) is 52.5 Å². The Morgan fingerprint density at radius 2 is 1.62 bits per heavy atom. The molecule has 0 bridgehead atoms. The molecule has 6 heteroatoms. The average Bonchev–Trinajstić information content (AvgIpc) is 2.56. The lowest BCUT2D eigenvalue weighted by molar-refractivity contribution is 0.0262. The van der Waals surface area contributed by atoms with Crippen molar-refractivity contribution in [2.45, 2.75) is 6.04 Å². The van der Waals surface area contributed by atoms with E-state index in [0.29, 0.717) is 30.5 Å². The van der Waals surface area contributed by atoms with E-state index in [1.807, 2.05) is 0 Å². The van der Waals surface area contributed by atoms with Crippen molar-refractivity contribution in [3.8, 4) is 23.3 Å². The molecule has 2 rings (SSSR count). The van der Waals surface area contributed by atoms with Gasteiger partial charge in [0, 0.05) is 24.7 Å². The Morgan fingerprint density at radius 3 is 2.14 bits per heavy atom. The minimum absolute atomic E-state index is 0.399. The highest BCUT2D eigenvalue weighted by Gasteiger charge is 2.26. The van der Waals surface area contributed by atoms with Crippen LogP contribution in [0.2, 0.25) is 0 Å². The molecule has 1 aromatic carbocycles. The fourth-order valence-electron chi connectivity index (χ4n) is 2.45. The quantitative estimate of drug-likeness (QED) is 0.821. The SMILES string of the molecule is COc1cc(OC)c([C@@H](C#N)N2CCOCC2)cc1OC. The van der Waals surface area contributed by atoms with Gasteiger partial charge in [-0.05, 0) is 6.07 Å². The first kappa shape index (κ1) is 15.4. The lowest BCUT2D eigenvalue weighted by Gasteiger charge is -2.31. The van der Waals surface area contributed by atoms with Crippen molar-refractivity contribution in [2.24, 2.45) is 0 Å². The molecule has 0 aromatic heterocycles. The molecule has 0 amide bonds. The van der Waals surface area contributed by atoms with Crippen LogP contribution in [0.5, 0.6) is 17.2 Å². The van der Waals surface area contributed by atoms with Gasteiger partial charge in [0.25, 0.3) is 0 Å². The minimum atomic E-state index is -0.399. The number of hydrogen-bond acceptors (Lipinski definition) is 6. The van der Waals surface area contributed by atoms with Gasteiger partial charge in [-0.2, -0.15) is 5.26 Å². The maximum atomic E-state index is 9.58. The Bertz CT molecular complexity index is 521. The van der Waals surface area contributed by atoms with E-state index in [4.69, 9.17) is 18.9 Å². The number of nitriles is 1. The summed E-state index contributed by atoms with van der Waals surface area (Å²) in [6.07, 6.45) is 0. The lowest BCUT2D eigenvalue weighted by atomic mass is 10.0. The van der Waals surface area contributed by atoms with E-state index >= 15 is 0 Å². The Morgan fingerprint density at radius 1 is 1.05 bits per heavy atom. The summed E-state index contributed by atoms with van der Waals surface area (Å²) in [7, 11) is 4.73. The molecule has 0 unspecified atom stereocenters. The van der Waals surface area contributed by atoms with Crippen LogP contribution < -0.4 is 14.2 Å². The van der Waals surface area contributed by atoms with E-state index < -0.39 is 6.04 Å². The molecule has 1 atom stereocenters. The summed E-state index contributed by atoms with van der Waals surface area (Å²) < 4.78 is 21.4. The zero-order chi connectivity index (χ0) is 15.2. The maximum absolute atomic E-state index is 9.58. The Labute approximate surface area is 124 Å². The molecule has 1 heterocycles. The summed E-state index contributed by atoms with van der Waals surface area (Å²) >= 11 is 0. The van der Waals surface area contributed by atoms with Crippen molar-refractivity contribution in [3.63, 3.8) is 0 Å². The van der Waals surface area contributed by atoms with E-state index in [0.717, 1.165) is 18.7 Å². The molecule has 1 fully saturated rings.